The van der Waals surface area contributed by atoms with Crippen molar-refractivity contribution >= 4 is 21.8 Å². The van der Waals surface area contributed by atoms with Gasteiger partial charge in [0.25, 0.3) is 5.91 Å². The van der Waals surface area contributed by atoms with E-state index in [4.69, 9.17) is 10.5 Å². The average Bonchev–Trinajstić information content (AvgIpc) is 2.16. The van der Waals surface area contributed by atoms with Gasteiger partial charge in [-0.15, -0.1) is 0 Å². The van der Waals surface area contributed by atoms with Gasteiger partial charge in [0, 0.05) is 4.47 Å². The fraction of sp³-hybridized carbons (Fsp3) is 0.300. The highest BCUT2D eigenvalue weighted by Crippen LogP contribution is 2.17. The molecule has 0 aromatic heterocycles. The molecular weight excluding hydrogens is 246 g/mol. The van der Waals surface area contributed by atoms with Crippen LogP contribution in [0.4, 0.5) is 0 Å². The molecule has 76 valence electrons. The smallest absolute Gasteiger partial charge is 0.258 e. The van der Waals surface area contributed by atoms with Crippen molar-refractivity contribution in [3.8, 4) is 5.75 Å². The van der Waals surface area contributed by atoms with Crippen LogP contribution in [-0.2, 0) is 4.79 Å². The molecule has 1 aromatic rings. The van der Waals surface area contributed by atoms with Gasteiger partial charge in [-0.25, -0.2) is 0 Å². The van der Waals surface area contributed by atoms with E-state index < -0.39 is 12.0 Å². The zero-order chi connectivity index (χ0) is 10.6. The highest BCUT2D eigenvalue weighted by molar-refractivity contribution is 9.10. The number of amides is 1. The van der Waals surface area contributed by atoms with Gasteiger partial charge in [0.2, 0.25) is 0 Å². The fourth-order valence-electron chi connectivity index (χ4n) is 1.02. The number of nitrogens with two attached hydrogens (primary N) is 1. The molecule has 0 spiro atoms. The zero-order valence-electron chi connectivity index (χ0n) is 7.87. The molecular formula is C10H12BrNO2. The van der Waals surface area contributed by atoms with E-state index >= 15 is 0 Å². The van der Waals surface area contributed by atoms with Crippen LogP contribution in [0.15, 0.2) is 28.7 Å². The van der Waals surface area contributed by atoms with Crippen LogP contribution in [0.2, 0.25) is 0 Å². The van der Waals surface area contributed by atoms with Gasteiger partial charge < -0.3 is 10.5 Å². The topological polar surface area (TPSA) is 52.3 Å². The molecule has 0 fully saturated rings. The normalized spacial score (nSPS) is 12.1. The molecule has 1 unspecified atom stereocenters. The quantitative estimate of drug-likeness (QED) is 0.898. The van der Waals surface area contributed by atoms with Crippen LogP contribution in [0.1, 0.15) is 13.3 Å². The first kappa shape index (κ1) is 11.0. The Morgan fingerprint density at radius 1 is 1.50 bits per heavy atom. The van der Waals surface area contributed by atoms with Crippen molar-refractivity contribution < 1.29 is 9.53 Å². The number of hydrogen-bond acceptors (Lipinski definition) is 2. The van der Waals surface area contributed by atoms with Crippen LogP contribution in [0.3, 0.4) is 0 Å². The molecule has 0 aliphatic carbocycles. The van der Waals surface area contributed by atoms with Crippen molar-refractivity contribution in [3.63, 3.8) is 0 Å². The summed E-state index contributed by atoms with van der Waals surface area (Å²) in [5, 5.41) is 0. The molecule has 3 nitrogen and oxygen atoms in total. The molecule has 0 radical (unpaired) electrons. The molecule has 0 aliphatic heterocycles. The Labute approximate surface area is 91.4 Å². The number of hydrogen-bond donors (Lipinski definition) is 1. The van der Waals surface area contributed by atoms with Crippen LogP contribution >= 0.6 is 15.9 Å². The summed E-state index contributed by atoms with van der Waals surface area (Å²) in [4.78, 5) is 10.9. The highest BCUT2D eigenvalue weighted by Gasteiger charge is 2.13. The van der Waals surface area contributed by atoms with Gasteiger partial charge in [-0.2, -0.15) is 0 Å². The summed E-state index contributed by atoms with van der Waals surface area (Å²) in [6, 6.07) is 7.28. The van der Waals surface area contributed by atoms with Gasteiger partial charge in [0.05, 0.1) is 0 Å². The Kier molecular flexibility index (Phi) is 3.95. The summed E-state index contributed by atoms with van der Waals surface area (Å²) in [6.45, 7) is 1.86. The Morgan fingerprint density at radius 2 is 2.07 bits per heavy atom. The van der Waals surface area contributed by atoms with Crippen LogP contribution in [-0.4, -0.2) is 12.0 Å². The van der Waals surface area contributed by atoms with Gasteiger partial charge in [-0.1, -0.05) is 22.9 Å². The SMILES string of the molecule is CCC(Oc1ccc(Br)cc1)C(N)=O. The maximum Gasteiger partial charge on any atom is 0.258 e. The van der Waals surface area contributed by atoms with E-state index in [9.17, 15) is 4.79 Å². The first-order valence-electron chi connectivity index (χ1n) is 4.35. The van der Waals surface area contributed by atoms with E-state index in [0.29, 0.717) is 12.2 Å². The Hall–Kier alpha value is -1.03. The van der Waals surface area contributed by atoms with Crippen molar-refractivity contribution in [3.05, 3.63) is 28.7 Å². The van der Waals surface area contributed by atoms with E-state index in [2.05, 4.69) is 15.9 Å². The maximum absolute atomic E-state index is 10.9. The second-order valence-corrected chi connectivity index (χ2v) is 3.79. The largest absolute Gasteiger partial charge is 0.481 e. The minimum absolute atomic E-state index is 0.435. The fourth-order valence-corrected chi connectivity index (χ4v) is 1.28. The van der Waals surface area contributed by atoms with Crippen LogP contribution in [0.25, 0.3) is 0 Å². The van der Waals surface area contributed by atoms with Crippen molar-refractivity contribution in [1.29, 1.82) is 0 Å². The van der Waals surface area contributed by atoms with E-state index in [1.54, 1.807) is 12.1 Å². The van der Waals surface area contributed by atoms with Gasteiger partial charge in [-0.3, -0.25) is 4.79 Å². The molecule has 0 aliphatic rings. The van der Waals surface area contributed by atoms with Crippen LogP contribution in [0.5, 0.6) is 5.75 Å². The third-order valence-corrected chi connectivity index (χ3v) is 2.31. The predicted octanol–water partition coefficient (Wildman–Crippen LogP) is 2.09. The van der Waals surface area contributed by atoms with Gasteiger partial charge >= 0.3 is 0 Å². The van der Waals surface area contributed by atoms with Gasteiger partial charge in [0.15, 0.2) is 6.10 Å². The van der Waals surface area contributed by atoms with Crippen molar-refractivity contribution in [2.45, 2.75) is 19.4 Å². The minimum Gasteiger partial charge on any atom is -0.481 e. The molecule has 2 N–H and O–H groups in total. The summed E-state index contributed by atoms with van der Waals surface area (Å²) >= 11 is 3.31. The lowest BCUT2D eigenvalue weighted by molar-refractivity contribution is -0.124. The summed E-state index contributed by atoms with van der Waals surface area (Å²) in [5.74, 6) is 0.217. The van der Waals surface area contributed by atoms with E-state index in [1.165, 1.54) is 0 Å². The summed E-state index contributed by atoms with van der Waals surface area (Å²) in [5.41, 5.74) is 5.15. The van der Waals surface area contributed by atoms with Gasteiger partial charge in [-0.05, 0) is 30.7 Å². The number of halogens is 1. The van der Waals surface area contributed by atoms with Crippen LogP contribution < -0.4 is 10.5 Å². The molecule has 4 heteroatoms. The summed E-state index contributed by atoms with van der Waals surface area (Å²) in [7, 11) is 0. The Morgan fingerprint density at radius 3 is 2.50 bits per heavy atom. The van der Waals surface area contributed by atoms with E-state index in [1.807, 2.05) is 19.1 Å². The van der Waals surface area contributed by atoms with E-state index in [0.717, 1.165) is 4.47 Å². The monoisotopic (exact) mass is 257 g/mol. The number of rotatable bonds is 4. The maximum atomic E-state index is 10.9. The average molecular weight is 258 g/mol. The number of primary amides is 1. The molecule has 1 rings (SSSR count). The molecule has 1 amide bonds. The first-order chi connectivity index (χ1) is 6.63. The third kappa shape index (κ3) is 3.03. The highest BCUT2D eigenvalue weighted by atomic mass is 79.9. The lowest BCUT2D eigenvalue weighted by Crippen LogP contribution is -2.32. The predicted molar refractivity (Wildman–Crippen MR) is 58.0 cm³/mol. The molecule has 0 heterocycles. The molecule has 0 saturated heterocycles. The Bertz CT molecular complexity index is 310. The van der Waals surface area contributed by atoms with Crippen LogP contribution in [0, 0.1) is 0 Å². The summed E-state index contributed by atoms with van der Waals surface area (Å²) < 4.78 is 6.35. The second-order valence-electron chi connectivity index (χ2n) is 2.87. The molecule has 1 atom stereocenters. The molecule has 0 bridgehead atoms. The van der Waals surface area contributed by atoms with Crippen molar-refractivity contribution in [2.24, 2.45) is 5.73 Å². The third-order valence-electron chi connectivity index (χ3n) is 1.78. The molecule has 1 aromatic carbocycles. The lowest BCUT2D eigenvalue weighted by atomic mass is 10.2. The lowest BCUT2D eigenvalue weighted by Gasteiger charge is -2.13. The van der Waals surface area contributed by atoms with Gasteiger partial charge in [0.1, 0.15) is 5.75 Å². The zero-order valence-corrected chi connectivity index (χ0v) is 9.45. The van der Waals surface area contributed by atoms with Crippen molar-refractivity contribution in [1.82, 2.24) is 0 Å². The summed E-state index contributed by atoms with van der Waals surface area (Å²) in [6.07, 6.45) is 0.0296. The first-order valence-corrected chi connectivity index (χ1v) is 5.14. The number of ether oxygens (including phenoxy) is 1. The number of carbonyl (C=O) groups is 1. The van der Waals surface area contributed by atoms with E-state index in [-0.39, 0.29) is 0 Å². The number of benzene rings is 1. The second kappa shape index (κ2) is 5.00. The Balaban J connectivity index is 2.67. The molecule has 14 heavy (non-hydrogen) atoms. The minimum atomic E-state index is -0.545. The number of carbonyl (C=O) groups excluding carboxylic acids is 1. The standard InChI is InChI=1S/C10H12BrNO2/c1-2-9(10(12)13)14-8-5-3-7(11)4-6-8/h3-6,9H,2H2,1H3,(H2,12,13). The van der Waals surface area contributed by atoms with Crippen molar-refractivity contribution in [2.75, 3.05) is 0 Å². The molecule has 0 saturated carbocycles.